The van der Waals surface area contributed by atoms with Gasteiger partial charge in [0.1, 0.15) is 0 Å². The zero-order chi connectivity index (χ0) is 15.9. The van der Waals surface area contributed by atoms with E-state index in [2.05, 4.69) is 24.4 Å². The highest BCUT2D eigenvalue weighted by atomic mass is 14.9. The van der Waals surface area contributed by atoms with Crippen molar-refractivity contribution in [3.05, 3.63) is 28.8 Å². The Morgan fingerprint density at radius 3 is 2.57 bits per heavy atom. The monoisotopic (exact) mass is 312 g/mol. The summed E-state index contributed by atoms with van der Waals surface area (Å²) in [7, 11) is 0. The topological polar surface area (TPSA) is 38.0 Å². The Bertz CT molecular complexity index is 565. The average Bonchev–Trinajstić information content (AvgIpc) is 3.32. The highest BCUT2D eigenvalue weighted by Gasteiger charge is 2.41. The molecule has 3 aliphatic rings. The van der Waals surface area contributed by atoms with E-state index in [-0.39, 0.29) is 0 Å². The van der Waals surface area contributed by atoms with Crippen LogP contribution in [0.25, 0.3) is 0 Å². The first-order chi connectivity index (χ1) is 11.1. The van der Waals surface area contributed by atoms with Crippen molar-refractivity contribution in [1.29, 1.82) is 0 Å². The van der Waals surface area contributed by atoms with Gasteiger partial charge >= 0.3 is 0 Å². The smallest absolute Gasteiger partial charge is 0.0346 e. The third kappa shape index (κ3) is 3.28. The quantitative estimate of drug-likeness (QED) is 0.856. The second-order valence-corrected chi connectivity index (χ2v) is 8.59. The number of fused-ring (bicyclic) bond motifs is 1. The molecule has 0 spiro atoms. The summed E-state index contributed by atoms with van der Waals surface area (Å²) in [6.45, 7) is 3.59. The van der Waals surface area contributed by atoms with Crippen LogP contribution in [0.5, 0.6) is 0 Å². The van der Waals surface area contributed by atoms with Crippen molar-refractivity contribution in [2.45, 2.75) is 82.6 Å². The molecule has 0 aromatic heterocycles. The summed E-state index contributed by atoms with van der Waals surface area (Å²) in [5.74, 6) is 0.811. The number of rotatable bonds is 4. The maximum atomic E-state index is 6.03. The van der Waals surface area contributed by atoms with E-state index >= 15 is 0 Å². The summed E-state index contributed by atoms with van der Waals surface area (Å²) in [6.07, 6.45) is 13.1. The predicted molar refractivity (Wildman–Crippen MR) is 98.1 cm³/mol. The maximum absolute atomic E-state index is 6.03. The van der Waals surface area contributed by atoms with Gasteiger partial charge in [-0.1, -0.05) is 6.92 Å². The molecule has 0 aliphatic heterocycles. The van der Waals surface area contributed by atoms with E-state index in [9.17, 15) is 0 Å². The van der Waals surface area contributed by atoms with Crippen molar-refractivity contribution in [3.8, 4) is 0 Å². The maximum Gasteiger partial charge on any atom is 0.0346 e. The molecule has 2 heteroatoms. The molecule has 2 nitrogen and oxygen atoms in total. The van der Waals surface area contributed by atoms with Crippen LogP contribution in [0.4, 0.5) is 5.69 Å². The Balaban J connectivity index is 1.50. The van der Waals surface area contributed by atoms with Gasteiger partial charge in [0.25, 0.3) is 0 Å². The summed E-state index contributed by atoms with van der Waals surface area (Å²) in [6, 6.07) is 5.40. The standard InChI is InChI=1S/C21H32N2/c1-21(10-11-21)20-13-18(12-16-4-2-3-5-19(16)20)23-14-15-6-8-17(22)9-7-15/h12-13,15,17,23H,2-11,14,22H2,1H3. The van der Waals surface area contributed by atoms with Gasteiger partial charge in [0, 0.05) is 18.3 Å². The van der Waals surface area contributed by atoms with E-state index in [4.69, 9.17) is 5.73 Å². The SMILES string of the molecule is CC1(c2cc(NCC3CCC(N)CC3)cc3c2CCCC3)CC1. The van der Waals surface area contributed by atoms with Gasteiger partial charge in [-0.2, -0.15) is 0 Å². The van der Waals surface area contributed by atoms with Crippen LogP contribution in [-0.2, 0) is 18.3 Å². The van der Waals surface area contributed by atoms with Crippen molar-refractivity contribution in [3.63, 3.8) is 0 Å². The zero-order valence-electron chi connectivity index (χ0n) is 14.7. The summed E-state index contributed by atoms with van der Waals surface area (Å²) in [4.78, 5) is 0. The Morgan fingerprint density at radius 2 is 1.83 bits per heavy atom. The van der Waals surface area contributed by atoms with Crippen molar-refractivity contribution >= 4 is 5.69 Å². The molecular weight excluding hydrogens is 280 g/mol. The third-order valence-electron chi connectivity index (χ3n) is 6.60. The molecule has 2 fully saturated rings. The normalized spacial score (nSPS) is 29.0. The van der Waals surface area contributed by atoms with Gasteiger partial charge in [0.2, 0.25) is 0 Å². The zero-order valence-corrected chi connectivity index (χ0v) is 14.7. The second-order valence-electron chi connectivity index (χ2n) is 8.59. The minimum absolute atomic E-state index is 0.455. The second kappa shape index (κ2) is 6.12. The molecule has 0 saturated heterocycles. The van der Waals surface area contributed by atoms with Crippen LogP contribution in [-0.4, -0.2) is 12.6 Å². The van der Waals surface area contributed by atoms with Crippen molar-refractivity contribution in [1.82, 2.24) is 0 Å². The molecule has 126 valence electrons. The molecule has 0 radical (unpaired) electrons. The number of aryl methyl sites for hydroxylation is 1. The summed E-state index contributed by atoms with van der Waals surface area (Å²) >= 11 is 0. The molecule has 0 unspecified atom stereocenters. The fourth-order valence-corrected chi connectivity index (χ4v) is 4.62. The Kier molecular flexibility index (Phi) is 4.13. The summed E-state index contributed by atoms with van der Waals surface area (Å²) in [5.41, 5.74) is 12.9. The fourth-order valence-electron chi connectivity index (χ4n) is 4.62. The molecule has 3 aliphatic carbocycles. The molecule has 3 N–H and O–H groups in total. The first kappa shape index (κ1) is 15.5. The lowest BCUT2D eigenvalue weighted by Gasteiger charge is -2.28. The van der Waals surface area contributed by atoms with Gasteiger partial charge in [-0.25, -0.2) is 0 Å². The van der Waals surface area contributed by atoms with Gasteiger partial charge in [0.05, 0.1) is 0 Å². The van der Waals surface area contributed by atoms with Crippen LogP contribution in [0.2, 0.25) is 0 Å². The molecule has 0 bridgehead atoms. The lowest BCUT2D eigenvalue weighted by atomic mass is 9.82. The number of nitrogens with two attached hydrogens (primary N) is 1. The molecule has 0 atom stereocenters. The lowest BCUT2D eigenvalue weighted by Crippen LogP contribution is -2.29. The van der Waals surface area contributed by atoms with Crippen LogP contribution in [0, 0.1) is 5.92 Å². The van der Waals surface area contributed by atoms with Crippen LogP contribution < -0.4 is 11.1 Å². The Labute approximate surface area is 141 Å². The average molecular weight is 313 g/mol. The van der Waals surface area contributed by atoms with Crippen LogP contribution in [0.15, 0.2) is 12.1 Å². The Hall–Kier alpha value is -1.02. The van der Waals surface area contributed by atoms with Crippen LogP contribution >= 0.6 is 0 Å². The van der Waals surface area contributed by atoms with E-state index in [1.807, 2.05) is 0 Å². The van der Waals surface area contributed by atoms with Crippen molar-refractivity contribution in [2.75, 3.05) is 11.9 Å². The molecule has 1 aromatic carbocycles. The molecule has 1 aromatic rings. The third-order valence-corrected chi connectivity index (χ3v) is 6.60. The van der Waals surface area contributed by atoms with Gasteiger partial charge in [-0.15, -0.1) is 0 Å². The van der Waals surface area contributed by atoms with E-state index in [1.54, 1.807) is 16.7 Å². The summed E-state index contributed by atoms with van der Waals surface area (Å²) in [5, 5.41) is 3.78. The lowest BCUT2D eigenvalue weighted by molar-refractivity contribution is 0.339. The van der Waals surface area contributed by atoms with Crippen molar-refractivity contribution < 1.29 is 0 Å². The van der Waals surface area contributed by atoms with E-state index in [0.29, 0.717) is 11.5 Å². The Morgan fingerprint density at radius 1 is 1.09 bits per heavy atom. The van der Waals surface area contributed by atoms with E-state index in [0.717, 1.165) is 12.5 Å². The highest BCUT2D eigenvalue weighted by Crippen LogP contribution is 2.50. The van der Waals surface area contributed by atoms with Crippen molar-refractivity contribution in [2.24, 2.45) is 11.7 Å². The number of anilines is 1. The molecule has 23 heavy (non-hydrogen) atoms. The molecule has 4 rings (SSSR count). The first-order valence-corrected chi connectivity index (χ1v) is 9.80. The van der Waals surface area contributed by atoms with Crippen LogP contribution in [0.3, 0.4) is 0 Å². The molecular formula is C21H32N2. The molecule has 0 amide bonds. The molecule has 2 saturated carbocycles. The highest BCUT2D eigenvalue weighted by molar-refractivity contribution is 5.56. The van der Waals surface area contributed by atoms with Gasteiger partial charge in [-0.05, 0) is 104 Å². The largest absolute Gasteiger partial charge is 0.385 e. The summed E-state index contributed by atoms with van der Waals surface area (Å²) < 4.78 is 0. The predicted octanol–water partition coefficient (Wildman–Crippen LogP) is 4.55. The van der Waals surface area contributed by atoms with Gasteiger partial charge in [0.15, 0.2) is 0 Å². The molecule has 0 heterocycles. The van der Waals surface area contributed by atoms with E-state index in [1.165, 1.54) is 69.9 Å². The number of hydrogen-bond donors (Lipinski definition) is 2. The first-order valence-electron chi connectivity index (χ1n) is 9.80. The number of hydrogen-bond acceptors (Lipinski definition) is 2. The number of benzene rings is 1. The van der Waals surface area contributed by atoms with Gasteiger partial charge in [-0.3, -0.25) is 0 Å². The fraction of sp³-hybridized carbons (Fsp3) is 0.714. The van der Waals surface area contributed by atoms with E-state index < -0.39 is 0 Å². The minimum Gasteiger partial charge on any atom is -0.385 e. The van der Waals surface area contributed by atoms with Gasteiger partial charge < -0.3 is 11.1 Å². The van der Waals surface area contributed by atoms with Crippen LogP contribution in [0.1, 0.15) is 75.0 Å². The minimum atomic E-state index is 0.455. The number of nitrogens with one attached hydrogen (secondary N) is 1.